The van der Waals surface area contributed by atoms with E-state index >= 15 is 0 Å². The molecule has 2 N–H and O–H groups in total. The Bertz CT molecular complexity index is 874. The van der Waals surface area contributed by atoms with Gasteiger partial charge in [0.2, 0.25) is 5.75 Å². The second-order valence-electron chi connectivity index (χ2n) is 6.00. The van der Waals surface area contributed by atoms with Crippen LogP contribution in [0.3, 0.4) is 0 Å². The maximum Gasteiger partial charge on any atom is 0.251 e. The van der Waals surface area contributed by atoms with E-state index in [-0.39, 0.29) is 24.9 Å². The first-order chi connectivity index (χ1) is 14.5. The van der Waals surface area contributed by atoms with Gasteiger partial charge in [0.25, 0.3) is 11.8 Å². The van der Waals surface area contributed by atoms with Gasteiger partial charge in [-0.2, -0.15) is 0 Å². The van der Waals surface area contributed by atoms with E-state index < -0.39 is 0 Å². The van der Waals surface area contributed by atoms with Crippen molar-refractivity contribution in [2.75, 3.05) is 48.6 Å². The van der Waals surface area contributed by atoms with E-state index in [9.17, 15) is 9.59 Å². The van der Waals surface area contributed by atoms with Gasteiger partial charge >= 0.3 is 0 Å². The molecule has 9 heteroatoms. The summed E-state index contributed by atoms with van der Waals surface area (Å²) >= 11 is 0. The summed E-state index contributed by atoms with van der Waals surface area (Å²) in [5, 5.41) is 5.47. The summed E-state index contributed by atoms with van der Waals surface area (Å²) in [6, 6.07) is 7.98. The molecule has 0 heterocycles. The number of ether oxygens (including phenoxy) is 5. The molecule has 0 aliphatic rings. The summed E-state index contributed by atoms with van der Waals surface area (Å²) in [5.74, 6) is 1.52. The van der Waals surface area contributed by atoms with Crippen molar-refractivity contribution in [1.82, 2.24) is 10.6 Å². The first kappa shape index (κ1) is 22.7. The van der Waals surface area contributed by atoms with Gasteiger partial charge in [-0.05, 0) is 30.3 Å². The van der Waals surface area contributed by atoms with Crippen molar-refractivity contribution in [3.05, 3.63) is 41.5 Å². The van der Waals surface area contributed by atoms with Gasteiger partial charge in [-0.3, -0.25) is 9.59 Å². The molecule has 30 heavy (non-hydrogen) atoms. The van der Waals surface area contributed by atoms with Gasteiger partial charge in [0.1, 0.15) is 0 Å². The number of hydrogen-bond acceptors (Lipinski definition) is 7. The zero-order chi connectivity index (χ0) is 22.1. The van der Waals surface area contributed by atoms with Crippen molar-refractivity contribution in [1.29, 1.82) is 0 Å². The number of carbonyl (C=O) groups is 2. The molecule has 0 saturated carbocycles. The Hall–Kier alpha value is -3.62. The van der Waals surface area contributed by atoms with Crippen LogP contribution in [-0.2, 0) is 0 Å². The summed E-state index contributed by atoms with van der Waals surface area (Å²) in [6.45, 7) is 0.470. The molecular formula is C21H26N2O7. The molecule has 0 aliphatic heterocycles. The number of amides is 2. The number of rotatable bonds is 10. The Balaban J connectivity index is 1.94. The lowest BCUT2D eigenvalue weighted by atomic mass is 10.1. The molecular weight excluding hydrogens is 392 g/mol. The molecule has 2 rings (SSSR count). The molecule has 0 fully saturated rings. The maximum absolute atomic E-state index is 12.4. The highest BCUT2D eigenvalue weighted by molar-refractivity contribution is 5.96. The smallest absolute Gasteiger partial charge is 0.251 e. The number of benzene rings is 2. The van der Waals surface area contributed by atoms with Gasteiger partial charge < -0.3 is 34.3 Å². The predicted molar refractivity (Wildman–Crippen MR) is 110 cm³/mol. The summed E-state index contributed by atoms with van der Waals surface area (Å²) in [4.78, 5) is 24.7. The second-order valence-corrected chi connectivity index (χ2v) is 6.00. The molecule has 2 aromatic carbocycles. The zero-order valence-corrected chi connectivity index (χ0v) is 17.7. The zero-order valence-electron chi connectivity index (χ0n) is 17.7. The Morgan fingerprint density at radius 3 is 1.57 bits per heavy atom. The van der Waals surface area contributed by atoms with Gasteiger partial charge in [0.15, 0.2) is 23.0 Å². The largest absolute Gasteiger partial charge is 0.493 e. The molecule has 0 aromatic heterocycles. The van der Waals surface area contributed by atoms with Crippen LogP contribution in [0.2, 0.25) is 0 Å². The van der Waals surface area contributed by atoms with Crippen LogP contribution in [-0.4, -0.2) is 60.5 Å². The Morgan fingerprint density at radius 2 is 1.10 bits per heavy atom. The number of methoxy groups -OCH3 is 5. The molecule has 2 amide bonds. The average molecular weight is 418 g/mol. The Kier molecular flexibility index (Phi) is 8.16. The van der Waals surface area contributed by atoms with Crippen molar-refractivity contribution in [3.63, 3.8) is 0 Å². The van der Waals surface area contributed by atoms with E-state index in [0.717, 1.165) is 0 Å². The van der Waals surface area contributed by atoms with E-state index in [4.69, 9.17) is 23.7 Å². The van der Waals surface area contributed by atoms with E-state index in [2.05, 4.69) is 10.6 Å². The minimum absolute atomic E-state index is 0.231. The lowest BCUT2D eigenvalue weighted by Gasteiger charge is -2.14. The lowest BCUT2D eigenvalue weighted by molar-refractivity contribution is 0.0927. The molecule has 0 unspecified atom stereocenters. The fraction of sp³-hybridized carbons (Fsp3) is 0.333. The van der Waals surface area contributed by atoms with Crippen molar-refractivity contribution >= 4 is 11.8 Å². The summed E-state index contributed by atoms with van der Waals surface area (Å²) < 4.78 is 26.1. The SMILES string of the molecule is COc1ccc(C(=O)NCCNC(=O)c2cc(OC)c(OC)c(OC)c2)cc1OC. The molecule has 162 valence electrons. The van der Waals surface area contributed by atoms with Gasteiger partial charge in [-0.15, -0.1) is 0 Å². The topological polar surface area (TPSA) is 104 Å². The van der Waals surface area contributed by atoms with Crippen LogP contribution < -0.4 is 34.3 Å². The number of nitrogens with one attached hydrogen (secondary N) is 2. The third-order valence-corrected chi connectivity index (χ3v) is 4.27. The van der Waals surface area contributed by atoms with Crippen molar-refractivity contribution < 1.29 is 33.3 Å². The third kappa shape index (κ3) is 5.25. The molecule has 9 nitrogen and oxygen atoms in total. The lowest BCUT2D eigenvalue weighted by Crippen LogP contribution is -2.34. The maximum atomic E-state index is 12.4. The third-order valence-electron chi connectivity index (χ3n) is 4.27. The van der Waals surface area contributed by atoms with Crippen LogP contribution in [0.1, 0.15) is 20.7 Å². The number of hydrogen-bond donors (Lipinski definition) is 2. The highest BCUT2D eigenvalue weighted by atomic mass is 16.5. The van der Waals surface area contributed by atoms with Crippen LogP contribution in [0.25, 0.3) is 0 Å². The van der Waals surface area contributed by atoms with Crippen LogP contribution in [0, 0.1) is 0 Å². The quantitative estimate of drug-likeness (QED) is 0.568. The highest BCUT2D eigenvalue weighted by Gasteiger charge is 2.17. The molecule has 0 radical (unpaired) electrons. The van der Waals surface area contributed by atoms with Crippen molar-refractivity contribution in [2.24, 2.45) is 0 Å². The van der Waals surface area contributed by atoms with E-state index in [0.29, 0.717) is 39.9 Å². The van der Waals surface area contributed by atoms with Crippen molar-refractivity contribution in [2.45, 2.75) is 0 Å². The normalized spacial score (nSPS) is 10.0. The van der Waals surface area contributed by atoms with Crippen LogP contribution in [0.4, 0.5) is 0 Å². The molecule has 0 aliphatic carbocycles. The van der Waals surface area contributed by atoms with Crippen LogP contribution in [0.5, 0.6) is 28.7 Å². The minimum Gasteiger partial charge on any atom is -0.493 e. The van der Waals surface area contributed by atoms with Gasteiger partial charge in [0.05, 0.1) is 35.5 Å². The fourth-order valence-electron chi connectivity index (χ4n) is 2.75. The van der Waals surface area contributed by atoms with Gasteiger partial charge in [-0.25, -0.2) is 0 Å². The van der Waals surface area contributed by atoms with Crippen LogP contribution in [0.15, 0.2) is 30.3 Å². The van der Waals surface area contributed by atoms with E-state index in [1.807, 2.05) is 0 Å². The molecule has 0 spiro atoms. The Morgan fingerprint density at radius 1 is 0.633 bits per heavy atom. The second kappa shape index (κ2) is 10.8. The van der Waals surface area contributed by atoms with Crippen molar-refractivity contribution in [3.8, 4) is 28.7 Å². The monoisotopic (exact) mass is 418 g/mol. The molecule has 2 aromatic rings. The average Bonchev–Trinajstić information content (AvgIpc) is 2.79. The summed E-state index contributed by atoms with van der Waals surface area (Å²) in [7, 11) is 7.46. The number of carbonyl (C=O) groups excluding carboxylic acids is 2. The summed E-state index contributed by atoms with van der Waals surface area (Å²) in [5.41, 5.74) is 0.763. The Labute approximate surface area is 175 Å². The molecule has 0 bridgehead atoms. The first-order valence-corrected chi connectivity index (χ1v) is 9.07. The standard InChI is InChI=1S/C21H26N2O7/c1-26-15-7-6-13(10-16(15)27-2)20(24)22-8-9-23-21(25)14-11-17(28-3)19(30-5)18(12-14)29-4/h6-7,10-12H,8-9H2,1-5H3,(H,22,24)(H,23,25). The first-order valence-electron chi connectivity index (χ1n) is 9.07. The summed E-state index contributed by atoms with van der Waals surface area (Å²) in [6.07, 6.45) is 0. The predicted octanol–water partition coefficient (Wildman–Crippen LogP) is 1.89. The van der Waals surface area contributed by atoms with E-state index in [1.165, 1.54) is 35.5 Å². The molecule has 0 saturated heterocycles. The molecule has 0 atom stereocenters. The minimum atomic E-state index is -0.338. The van der Waals surface area contributed by atoms with Gasteiger partial charge in [0, 0.05) is 24.2 Å². The van der Waals surface area contributed by atoms with Crippen LogP contribution >= 0.6 is 0 Å². The fourth-order valence-corrected chi connectivity index (χ4v) is 2.75. The van der Waals surface area contributed by atoms with Gasteiger partial charge in [-0.1, -0.05) is 0 Å². The highest BCUT2D eigenvalue weighted by Crippen LogP contribution is 2.38. The van der Waals surface area contributed by atoms with E-state index in [1.54, 1.807) is 30.3 Å².